The topological polar surface area (TPSA) is 98.2 Å². The van der Waals surface area contributed by atoms with Gasteiger partial charge in [0.15, 0.2) is 15.4 Å². The van der Waals surface area contributed by atoms with Gasteiger partial charge in [-0.3, -0.25) is 4.90 Å². The fraction of sp³-hybridized carbons (Fsp3) is 0.600. The summed E-state index contributed by atoms with van der Waals surface area (Å²) in [5.74, 6) is 0.427. The fourth-order valence-corrected chi connectivity index (χ4v) is 9.80. The van der Waals surface area contributed by atoms with Gasteiger partial charge in [-0.2, -0.15) is 17.5 Å². The molecule has 1 aromatic heterocycles. The first-order valence-electron chi connectivity index (χ1n) is 12.8. The molecule has 14 heteroatoms. The minimum atomic E-state index is -4.84. The highest BCUT2D eigenvalue weighted by Crippen LogP contribution is 2.40. The van der Waals surface area contributed by atoms with E-state index in [-0.39, 0.29) is 46.5 Å². The maximum absolute atomic E-state index is 13.4. The highest BCUT2D eigenvalue weighted by molar-refractivity contribution is 7.91. The van der Waals surface area contributed by atoms with E-state index in [0.29, 0.717) is 38.2 Å². The lowest BCUT2D eigenvalue weighted by Crippen LogP contribution is -2.61. The van der Waals surface area contributed by atoms with Gasteiger partial charge in [0.25, 0.3) is 10.0 Å². The smallest absolute Gasteiger partial charge is 0.376 e. The summed E-state index contributed by atoms with van der Waals surface area (Å²) in [6, 6.07) is 8.28. The van der Waals surface area contributed by atoms with E-state index in [2.05, 4.69) is 4.90 Å². The third-order valence-electron chi connectivity index (χ3n) is 8.04. The van der Waals surface area contributed by atoms with Crippen molar-refractivity contribution in [2.45, 2.75) is 47.8 Å². The Morgan fingerprint density at radius 1 is 1.08 bits per heavy atom. The first-order chi connectivity index (χ1) is 18.2. The molecule has 3 atom stereocenters. The van der Waals surface area contributed by atoms with Crippen molar-refractivity contribution < 1.29 is 35.1 Å². The molecule has 0 spiro atoms. The Morgan fingerprint density at radius 3 is 2.36 bits per heavy atom. The molecular formula is C25H32F3N3O5S3. The van der Waals surface area contributed by atoms with Crippen molar-refractivity contribution in [3.8, 4) is 0 Å². The highest BCUT2D eigenvalue weighted by Gasteiger charge is 2.51. The zero-order chi connectivity index (χ0) is 28.2. The minimum Gasteiger partial charge on any atom is -0.376 e. The molecule has 3 fully saturated rings. The van der Waals surface area contributed by atoms with Gasteiger partial charge in [-0.1, -0.05) is 18.2 Å². The zero-order valence-electron chi connectivity index (χ0n) is 21.4. The number of thiophene rings is 1. The highest BCUT2D eigenvalue weighted by atomic mass is 32.2. The second-order valence-corrected chi connectivity index (χ2v) is 16.1. The molecule has 1 aromatic carbocycles. The lowest BCUT2D eigenvalue weighted by atomic mass is 9.95. The number of aliphatic hydroxyl groups is 1. The van der Waals surface area contributed by atoms with Crippen molar-refractivity contribution in [3.63, 3.8) is 0 Å². The number of rotatable bonds is 7. The van der Waals surface area contributed by atoms with E-state index >= 15 is 0 Å². The molecule has 3 aliphatic rings. The van der Waals surface area contributed by atoms with Crippen LogP contribution in [0.2, 0.25) is 0 Å². The van der Waals surface area contributed by atoms with E-state index < -0.39 is 31.6 Å². The van der Waals surface area contributed by atoms with Crippen molar-refractivity contribution in [2.24, 2.45) is 5.92 Å². The second-order valence-electron chi connectivity index (χ2n) is 10.8. The van der Waals surface area contributed by atoms with Gasteiger partial charge in [-0.15, -0.1) is 11.3 Å². The average molecular weight is 608 g/mol. The number of alkyl halides is 3. The number of benzene rings is 1. The number of piperazine rings is 1. The van der Waals surface area contributed by atoms with Crippen molar-refractivity contribution >= 4 is 36.9 Å². The van der Waals surface area contributed by atoms with Gasteiger partial charge >= 0.3 is 6.18 Å². The van der Waals surface area contributed by atoms with Crippen LogP contribution in [0, 0.1) is 5.92 Å². The van der Waals surface area contributed by atoms with Crippen LogP contribution in [0.1, 0.15) is 25.3 Å². The Balaban J connectivity index is 1.43. The van der Waals surface area contributed by atoms with Crippen LogP contribution >= 0.6 is 11.3 Å². The number of anilines is 1. The lowest BCUT2D eigenvalue weighted by Gasteiger charge is -2.46. The number of hydrogen-bond donors (Lipinski definition) is 1. The summed E-state index contributed by atoms with van der Waals surface area (Å²) in [6.45, 7) is 2.15. The summed E-state index contributed by atoms with van der Waals surface area (Å²) in [5.41, 5.74) is -2.68. The number of sulfonamides is 1. The van der Waals surface area contributed by atoms with Crippen LogP contribution in [0.5, 0.6) is 0 Å². The molecule has 0 amide bonds. The van der Waals surface area contributed by atoms with Crippen molar-refractivity contribution in [1.29, 1.82) is 0 Å². The summed E-state index contributed by atoms with van der Waals surface area (Å²) in [5, 5.41) is 11.8. The minimum absolute atomic E-state index is 0.0430. The van der Waals surface area contributed by atoms with Crippen LogP contribution in [0.3, 0.4) is 0 Å². The number of nitrogens with zero attached hydrogens (tertiary/aromatic N) is 3. The maximum Gasteiger partial charge on any atom is 0.421 e. The zero-order valence-corrected chi connectivity index (χ0v) is 23.9. The van der Waals surface area contributed by atoms with Crippen LogP contribution in [-0.4, -0.2) is 93.6 Å². The van der Waals surface area contributed by atoms with E-state index in [1.807, 2.05) is 4.90 Å². The molecule has 5 rings (SSSR count). The Kier molecular flexibility index (Phi) is 7.60. The Labute approximate surface area is 231 Å². The molecule has 1 saturated carbocycles. The van der Waals surface area contributed by atoms with Crippen LogP contribution in [-0.2, 0) is 25.5 Å². The van der Waals surface area contributed by atoms with E-state index in [9.17, 15) is 35.1 Å². The number of sulfone groups is 1. The standard InChI is InChI=1S/C25H32F3N3O5S3/c1-24(32,25(26,27)28)19-6-8-20(9-7-19)31-11-10-30(39(35,36)23-3-2-13-37-23)16-21(31)15-29-12-14-38(33,34)17-22(29)18-4-5-18/h2-3,6-9,13,18,21-22,32H,4-5,10-12,14-17H2,1H3/t21-,22?,24?/m0/s1. The molecule has 8 nitrogen and oxygen atoms in total. The van der Waals surface area contributed by atoms with Gasteiger partial charge < -0.3 is 10.0 Å². The normalized spacial score (nSPS) is 26.8. The Bertz CT molecular complexity index is 1380. The molecule has 1 N–H and O–H groups in total. The van der Waals surface area contributed by atoms with Gasteiger partial charge in [-0.05, 0) is 54.8 Å². The second kappa shape index (κ2) is 10.3. The molecule has 2 unspecified atom stereocenters. The maximum atomic E-state index is 13.4. The van der Waals surface area contributed by atoms with Crippen LogP contribution in [0.15, 0.2) is 46.0 Å². The van der Waals surface area contributed by atoms with Gasteiger partial charge in [0.2, 0.25) is 0 Å². The average Bonchev–Trinajstić information content (AvgIpc) is 3.56. The van der Waals surface area contributed by atoms with Gasteiger partial charge in [0.05, 0.1) is 17.5 Å². The van der Waals surface area contributed by atoms with Gasteiger partial charge in [0.1, 0.15) is 4.21 Å². The molecule has 2 aromatic rings. The predicted molar refractivity (Wildman–Crippen MR) is 143 cm³/mol. The molecule has 2 aliphatic heterocycles. The molecule has 3 heterocycles. The summed E-state index contributed by atoms with van der Waals surface area (Å²) in [6.07, 6.45) is -2.92. The summed E-state index contributed by atoms with van der Waals surface area (Å²) >= 11 is 1.14. The van der Waals surface area contributed by atoms with Crippen molar-refractivity contribution in [3.05, 3.63) is 47.3 Å². The molecule has 0 bridgehead atoms. The first kappa shape index (κ1) is 28.8. The molecule has 39 heavy (non-hydrogen) atoms. The molecule has 2 saturated heterocycles. The number of halogens is 3. The quantitative estimate of drug-likeness (QED) is 0.517. The van der Waals surface area contributed by atoms with Crippen LogP contribution in [0.25, 0.3) is 0 Å². The van der Waals surface area contributed by atoms with Crippen molar-refractivity contribution in [2.75, 3.05) is 49.1 Å². The summed E-state index contributed by atoms with van der Waals surface area (Å²) in [4.78, 5) is 4.14. The number of hydrogen-bond acceptors (Lipinski definition) is 8. The molecular weight excluding hydrogens is 575 g/mol. The molecule has 0 radical (unpaired) electrons. The third-order valence-corrected chi connectivity index (χ3v) is 12.9. The van der Waals surface area contributed by atoms with Crippen LogP contribution < -0.4 is 4.90 Å². The largest absolute Gasteiger partial charge is 0.421 e. The van der Waals surface area contributed by atoms with Crippen molar-refractivity contribution in [1.82, 2.24) is 9.21 Å². The van der Waals surface area contributed by atoms with Gasteiger partial charge in [0, 0.05) is 44.5 Å². The fourth-order valence-electron chi connectivity index (χ4n) is 5.50. The van der Waals surface area contributed by atoms with E-state index in [4.69, 9.17) is 0 Å². The predicted octanol–water partition coefficient (Wildman–Crippen LogP) is 2.91. The van der Waals surface area contributed by atoms with E-state index in [1.165, 1.54) is 28.6 Å². The lowest BCUT2D eigenvalue weighted by molar-refractivity contribution is -0.258. The SMILES string of the molecule is CC(O)(c1ccc(N2CCN(S(=O)(=O)c3cccs3)C[C@@H]2CN2CCS(=O)(=O)CC2C2CC2)cc1)C(F)(F)F. The Morgan fingerprint density at radius 2 is 1.77 bits per heavy atom. The monoisotopic (exact) mass is 607 g/mol. The summed E-state index contributed by atoms with van der Waals surface area (Å²) < 4.78 is 93.2. The van der Waals surface area contributed by atoms with E-state index in [0.717, 1.165) is 24.2 Å². The summed E-state index contributed by atoms with van der Waals surface area (Å²) in [7, 11) is -6.87. The molecule has 216 valence electrons. The molecule has 1 aliphatic carbocycles. The Hall–Kier alpha value is -1.71. The first-order valence-corrected chi connectivity index (χ1v) is 17.0. The van der Waals surface area contributed by atoms with E-state index in [1.54, 1.807) is 17.5 Å². The van der Waals surface area contributed by atoms with Crippen LogP contribution in [0.4, 0.5) is 18.9 Å². The third kappa shape index (κ3) is 5.87. The van der Waals surface area contributed by atoms with Gasteiger partial charge in [-0.25, -0.2) is 16.8 Å².